The zero-order valence-electron chi connectivity index (χ0n) is 13.5. The minimum absolute atomic E-state index is 0.0378. The maximum absolute atomic E-state index is 13.0. The number of rotatable bonds is 6. The fourth-order valence-corrected chi connectivity index (χ4v) is 2.55. The highest BCUT2D eigenvalue weighted by Gasteiger charge is 2.17. The van der Waals surface area contributed by atoms with Crippen LogP contribution in [0.1, 0.15) is 28.5 Å². The Hall–Kier alpha value is -2.99. The number of aromatic nitrogens is 2. The van der Waals surface area contributed by atoms with E-state index in [1.54, 1.807) is 24.4 Å². The van der Waals surface area contributed by atoms with Gasteiger partial charge >= 0.3 is 0 Å². The summed E-state index contributed by atoms with van der Waals surface area (Å²) >= 11 is 0. The van der Waals surface area contributed by atoms with Gasteiger partial charge in [-0.2, -0.15) is 5.10 Å². The van der Waals surface area contributed by atoms with Gasteiger partial charge in [0, 0.05) is 12.8 Å². The SMILES string of the molecule is O=C(NC(CCO)c1ccccc1)c1ccn(-c2ccc(F)cc2)n1. The Morgan fingerprint density at radius 3 is 2.52 bits per heavy atom. The number of benzene rings is 2. The van der Waals surface area contributed by atoms with Gasteiger partial charge in [-0.25, -0.2) is 9.07 Å². The van der Waals surface area contributed by atoms with Gasteiger partial charge < -0.3 is 10.4 Å². The van der Waals surface area contributed by atoms with Crippen molar-refractivity contribution < 1.29 is 14.3 Å². The van der Waals surface area contributed by atoms with E-state index < -0.39 is 0 Å². The maximum atomic E-state index is 13.0. The molecule has 0 aliphatic heterocycles. The fraction of sp³-hybridized carbons (Fsp3) is 0.158. The summed E-state index contributed by atoms with van der Waals surface area (Å²) in [4.78, 5) is 12.5. The van der Waals surface area contributed by atoms with E-state index in [0.717, 1.165) is 5.56 Å². The number of aliphatic hydroxyl groups excluding tert-OH is 1. The lowest BCUT2D eigenvalue weighted by Gasteiger charge is -2.17. The van der Waals surface area contributed by atoms with Crippen LogP contribution >= 0.6 is 0 Å². The van der Waals surface area contributed by atoms with Crippen molar-refractivity contribution in [2.45, 2.75) is 12.5 Å². The first-order valence-electron chi connectivity index (χ1n) is 7.95. The molecule has 5 nitrogen and oxygen atoms in total. The van der Waals surface area contributed by atoms with Crippen molar-refractivity contribution >= 4 is 5.91 Å². The second-order valence-electron chi connectivity index (χ2n) is 5.57. The summed E-state index contributed by atoms with van der Waals surface area (Å²) in [6, 6.07) is 16.6. The van der Waals surface area contributed by atoms with Gasteiger partial charge in [-0.1, -0.05) is 30.3 Å². The average Bonchev–Trinajstić information content (AvgIpc) is 3.13. The van der Waals surface area contributed by atoms with Crippen LogP contribution in [-0.4, -0.2) is 27.4 Å². The zero-order valence-corrected chi connectivity index (χ0v) is 13.5. The van der Waals surface area contributed by atoms with E-state index in [9.17, 15) is 14.3 Å². The summed E-state index contributed by atoms with van der Waals surface area (Å²) in [5.74, 6) is -0.660. The van der Waals surface area contributed by atoms with Crippen LogP contribution in [0, 0.1) is 5.82 Å². The Morgan fingerprint density at radius 1 is 1.12 bits per heavy atom. The first-order chi connectivity index (χ1) is 12.2. The van der Waals surface area contributed by atoms with Crippen molar-refractivity contribution in [3.05, 3.63) is 83.9 Å². The van der Waals surface area contributed by atoms with Crippen molar-refractivity contribution in [3.63, 3.8) is 0 Å². The molecular weight excluding hydrogens is 321 g/mol. The molecule has 0 fully saturated rings. The molecule has 0 aliphatic rings. The number of amides is 1. The van der Waals surface area contributed by atoms with Gasteiger partial charge in [0.2, 0.25) is 0 Å². The first kappa shape index (κ1) is 16.9. The summed E-state index contributed by atoms with van der Waals surface area (Å²) in [6.07, 6.45) is 2.06. The van der Waals surface area contributed by atoms with Crippen LogP contribution in [0.3, 0.4) is 0 Å². The van der Waals surface area contributed by atoms with Gasteiger partial charge in [-0.3, -0.25) is 4.79 Å². The largest absolute Gasteiger partial charge is 0.396 e. The third kappa shape index (κ3) is 4.10. The number of hydrogen-bond donors (Lipinski definition) is 2. The molecule has 25 heavy (non-hydrogen) atoms. The molecule has 6 heteroatoms. The van der Waals surface area contributed by atoms with Crippen LogP contribution < -0.4 is 5.32 Å². The van der Waals surface area contributed by atoms with Crippen molar-refractivity contribution in [1.82, 2.24) is 15.1 Å². The molecule has 0 spiro atoms. The molecular formula is C19H18FN3O2. The monoisotopic (exact) mass is 339 g/mol. The molecule has 1 atom stereocenters. The number of hydrogen-bond acceptors (Lipinski definition) is 3. The molecule has 128 valence electrons. The van der Waals surface area contributed by atoms with Gasteiger partial charge in [0.1, 0.15) is 5.82 Å². The Kier molecular flexibility index (Phi) is 5.20. The highest BCUT2D eigenvalue weighted by atomic mass is 19.1. The molecule has 0 saturated carbocycles. The van der Waals surface area contributed by atoms with Gasteiger partial charge in [0.15, 0.2) is 5.69 Å². The van der Waals surface area contributed by atoms with Gasteiger partial charge in [0.25, 0.3) is 5.91 Å². The number of halogens is 1. The lowest BCUT2D eigenvalue weighted by atomic mass is 10.0. The van der Waals surface area contributed by atoms with Crippen LogP contribution in [0.4, 0.5) is 4.39 Å². The quantitative estimate of drug-likeness (QED) is 0.726. The van der Waals surface area contributed by atoms with E-state index in [1.807, 2.05) is 30.3 Å². The second kappa shape index (κ2) is 7.72. The fourth-order valence-electron chi connectivity index (χ4n) is 2.55. The molecule has 2 N–H and O–H groups in total. The van der Waals surface area contributed by atoms with Crippen molar-refractivity contribution in [2.24, 2.45) is 0 Å². The van der Waals surface area contributed by atoms with E-state index in [-0.39, 0.29) is 30.1 Å². The highest BCUT2D eigenvalue weighted by Crippen LogP contribution is 2.17. The molecule has 2 aromatic carbocycles. The molecule has 0 radical (unpaired) electrons. The van der Waals surface area contributed by atoms with Crippen LogP contribution in [0.15, 0.2) is 66.9 Å². The second-order valence-corrected chi connectivity index (χ2v) is 5.57. The summed E-state index contributed by atoms with van der Waals surface area (Å²) < 4.78 is 14.5. The number of aliphatic hydroxyl groups is 1. The Bertz CT molecular complexity index is 831. The summed E-state index contributed by atoms with van der Waals surface area (Å²) in [7, 11) is 0. The Morgan fingerprint density at radius 2 is 1.84 bits per heavy atom. The molecule has 1 amide bonds. The number of carbonyl (C=O) groups excluding carboxylic acids is 1. The number of nitrogens with one attached hydrogen (secondary N) is 1. The predicted molar refractivity (Wildman–Crippen MR) is 91.9 cm³/mol. The molecule has 1 heterocycles. The van der Waals surface area contributed by atoms with Crippen LogP contribution in [-0.2, 0) is 0 Å². The maximum Gasteiger partial charge on any atom is 0.272 e. The first-order valence-corrected chi connectivity index (χ1v) is 7.95. The normalized spacial score (nSPS) is 11.9. The molecule has 1 aromatic heterocycles. The minimum Gasteiger partial charge on any atom is -0.396 e. The third-order valence-electron chi connectivity index (χ3n) is 3.84. The minimum atomic E-state index is -0.330. The summed E-state index contributed by atoms with van der Waals surface area (Å²) in [6.45, 7) is -0.0378. The van der Waals surface area contributed by atoms with E-state index in [0.29, 0.717) is 12.1 Å². The van der Waals surface area contributed by atoms with E-state index in [2.05, 4.69) is 10.4 Å². The van der Waals surface area contributed by atoms with Crippen LogP contribution in [0.25, 0.3) is 5.69 Å². The standard InChI is InChI=1S/C19H18FN3O2/c20-15-6-8-16(9-7-15)23-12-10-18(22-23)19(25)21-17(11-13-24)14-4-2-1-3-5-14/h1-10,12,17,24H,11,13H2,(H,21,25). The highest BCUT2D eigenvalue weighted by molar-refractivity contribution is 5.92. The zero-order chi connectivity index (χ0) is 17.6. The molecule has 3 rings (SSSR count). The van der Waals surface area contributed by atoms with E-state index in [4.69, 9.17) is 0 Å². The summed E-state index contributed by atoms with van der Waals surface area (Å²) in [5, 5.41) is 16.4. The van der Waals surface area contributed by atoms with Gasteiger partial charge in [-0.05, 0) is 42.3 Å². The van der Waals surface area contributed by atoms with Gasteiger partial charge in [-0.15, -0.1) is 0 Å². The lowest BCUT2D eigenvalue weighted by Crippen LogP contribution is -2.29. The molecule has 1 unspecified atom stereocenters. The van der Waals surface area contributed by atoms with E-state index in [1.165, 1.54) is 16.8 Å². The van der Waals surface area contributed by atoms with Gasteiger partial charge in [0.05, 0.1) is 11.7 Å². The average molecular weight is 339 g/mol. The molecule has 0 saturated heterocycles. The molecule has 3 aromatic rings. The van der Waals surface area contributed by atoms with E-state index >= 15 is 0 Å². The predicted octanol–water partition coefficient (Wildman–Crippen LogP) is 2.86. The number of carbonyl (C=O) groups is 1. The topological polar surface area (TPSA) is 67.2 Å². The van der Waals surface area contributed by atoms with Crippen LogP contribution in [0.5, 0.6) is 0 Å². The van der Waals surface area contributed by atoms with Crippen molar-refractivity contribution in [3.8, 4) is 5.69 Å². The lowest BCUT2D eigenvalue weighted by molar-refractivity contribution is 0.0924. The Balaban J connectivity index is 1.75. The molecule has 0 bridgehead atoms. The Labute approximate surface area is 144 Å². The van der Waals surface area contributed by atoms with Crippen molar-refractivity contribution in [2.75, 3.05) is 6.61 Å². The summed E-state index contributed by atoms with van der Waals surface area (Å²) in [5.41, 5.74) is 1.83. The number of nitrogens with zero attached hydrogens (tertiary/aromatic N) is 2. The third-order valence-corrected chi connectivity index (χ3v) is 3.84. The smallest absolute Gasteiger partial charge is 0.272 e. The molecule has 0 aliphatic carbocycles. The van der Waals surface area contributed by atoms with Crippen LogP contribution in [0.2, 0.25) is 0 Å². The van der Waals surface area contributed by atoms with Crippen molar-refractivity contribution in [1.29, 1.82) is 0 Å².